The summed E-state index contributed by atoms with van der Waals surface area (Å²) in [5, 5.41) is 2.89. The average molecular weight is 334 g/mol. The molecule has 1 N–H and O–H groups in total. The van der Waals surface area contributed by atoms with Crippen molar-refractivity contribution in [1.29, 1.82) is 0 Å². The lowest BCUT2D eigenvalue weighted by molar-refractivity contribution is -0.117. The molecule has 0 spiro atoms. The third-order valence-electron chi connectivity index (χ3n) is 4.15. The van der Waals surface area contributed by atoms with Gasteiger partial charge in [-0.1, -0.05) is 49.4 Å². The predicted molar refractivity (Wildman–Crippen MR) is 97.7 cm³/mol. The molecule has 3 nitrogen and oxygen atoms in total. The van der Waals surface area contributed by atoms with Gasteiger partial charge < -0.3 is 5.32 Å². The van der Waals surface area contributed by atoms with Gasteiger partial charge in [-0.3, -0.25) is 9.78 Å². The Bertz CT molecular complexity index is 847. The van der Waals surface area contributed by atoms with Gasteiger partial charge in [0.25, 0.3) is 0 Å². The Balaban J connectivity index is 1.80. The number of rotatable bonds is 5. The lowest BCUT2D eigenvalue weighted by Crippen LogP contribution is -2.20. The largest absolute Gasteiger partial charge is 0.324 e. The molecule has 126 valence electrons. The molecule has 3 aromatic rings. The number of amides is 1. The van der Waals surface area contributed by atoms with Crippen LogP contribution in [0.1, 0.15) is 24.8 Å². The maximum atomic E-state index is 13.9. The van der Waals surface area contributed by atoms with Gasteiger partial charge in [-0.2, -0.15) is 0 Å². The van der Waals surface area contributed by atoms with E-state index < -0.39 is 0 Å². The fraction of sp³-hybridized carbons (Fsp3) is 0.143. The van der Waals surface area contributed by atoms with Crippen molar-refractivity contribution in [3.63, 3.8) is 0 Å². The molecule has 2 aromatic carbocycles. The van der Waals surface area contributed by atoms with Crippen LogP contribution in [0.15, 0.2) is 73.1 Å². The van der Waals surface area contributed by atoms with E-state index in [1.54, 1.807) is 36.7 Å². The molecule has 1 amide bonds. The van der Waals surface area contributed by atoms with Crippen LogP contribution in [0, 0.1) is 5.82 Å². The number of hydrogen-bond donors (Lipinski definition) is 1. The number of carbonyl (C=O) groups excluding carboxylic acids is 1. The second-order valence-corrected chi connectivity index (χ2v) is 5.79. The molecule has 0 saturated heterocycles. The van der Waals surface area contributed by atoms with Crippen molar-refractivity contribution in [2.75, 3.05) is 5.32 Å². The van der Waals surface area contributed by atoms with Gasteiger partial charge in [0.05, 0.1) is 17.8 Å². The summed E-state index contributed by atoms with van der Waals surface area (Å²) in [5.41, 5.74) is 2.93. The summed E-state index contributed by atoms with van der Waals surface area (Å²) < 4.78 is 13.9. The van der Waals surface area contributed by atoms with Crippen LogP contribution in [-0.2, 0) is 4.79 Å². The van der Waals surface area contributed by atoms with Crippen molar-refractivity contribution in [2.45, 2.75) is 19.3 Å². The standard InChI is InChI=1S/C21H19FN2O/c1-2-18(21(25)24-17-6-5-13-23-14-17)15-9-11-16(12-10-15)19-7-3-4-8-20(19)22/h3-14,18H,2H2,1H3,(H,24,25). The van der Waals surface area contributed by atoms with Crippen molar-refractivity contribution in [1.82, 2.24) is 4.98 Å². The molecule has 4 heteroatoms. The number of nitrogens with zero attached hydrogens (tertiary/aromatic N) is 1. The minimum absolute atomic E-state index is 0.0749. The minimum atomic E-state index is -0.269. The van der Waals surface area contributed by atoms with E-state index in [2.05, 4.69) is 10.3 Å². The Hall–Kier alpha value is -3.01. The number of benzene rings is 2. The normalized spacial score (nSPS) is 11.8. The highest BCUT2D eigenvalue weighted by molar-refractivity contribution is 5.95. The van der Waals surface area contributed by atoms with Crippen LogP contribution in [0.25, 0.3) is 11.1 Å². The third-order valence-corrected chi connectivity index (χ3v) is 4.15. The first kappa shape index (κ1) is 16.8. The quantitative estimate of drug-likeness (QED) is 0.712. The number of halogens is 1. The average Bonchev–Trinajstić information content (AvgIpc) is 2.64. The van der Waals surface area contributed by atoms with E-state index in [0.717, 1.165) is 11.1 Å². The molecule has 0 aliphatic rings. The summed E-state index contributed by atoms with van der Waals surface area (Å²) >= 11 is 0. The Labute approximate surface area is 146 Å². The SMILES string of the molecule is CCC(C(=O)Nc1cccnc1)c1ccc(-c2ccccc2F)cc1. The molecule has 0 radical (unpaired) electrons. The molecular formula is C21H19FN2O. The first-order chi connectivity index (χ1) is 12.2. The maximum Gasteiger partial charge on any atom is 0.231 e. The van der Waals surface area contributed by atoms with Gasteiger partial charge in [-0.15, -0.1) is 0 Å². The van der Waals surface area contributed by atoms with Crippen LogP contribution in [0.4, 0.5) is 10.1 Å². The van der Waals surface area contributed by atoms with Crippen LogP contribution in [0.2, 0.25) is 0 Å². The molecule has 1 aromatic heterocycles. The monoisotopic (exact) mass is 334 g/mol. The Kier molecular flexibility index (Phi) is 5.19. The molecule has 1 heterocycles. The number of aromatic nitrogens is 1. The van der Waals surface area contributed by atoms with Gasteiger partial charge in [0, 0.05) is 11.8 Å². The summed E-state index contributed by atoms with van der Waals surface area (Å²) in [7, 11) is 0. The van der Waals surface area contributed by atoms with E-state index in [0.29, 0.717) is 17.7 Å². The van der Waals surface area contributed by atoms with Gasteiger partial charge in [0.2, 0.25) is 5.91 Å². The van der Waals surface area contributed by atoms with Gasteiger partial charge in [-0.25, -0.2) is 4.39 Å². The lowest BCUT2D eigenvalue weighted by atomic mass is 9.93. The predicted octanol–water partition coefficient (Wildman–Crippen LogP) is 5.02. The number of anilines is 1. The summed E-state index contributed by atoms with van der Waals surface area (Å²) in [6.45, 7) is 1.97. The van der Waals surface area contributed by atoms with E-state index in [9.17, 15) is 9.18 Å². The van der Waals surface area contributed by atoms with E-state index >= 15 is 0 Å². The smallest absolute Gasteiger partial charge is 0.231 e. The molecule has 0 fully saturated rings. The van der Waals surface area contributed by atoms with Crippen LogP contribution in [0.3, 0.4) is 0 Å². The van der Waals surface area contributed by atoms with Crippen molar-refractivity contribution in [2.24, 2.45) is 0 Å². The second-order valence-electron chi connectivity index (χ2n) is 5.79. The van der Waals surface area contributed by atoms with Gasteiger partial charge in [0.15, 0.2) is 0 Å². The lowest BCUT2D eigenvalue weighted by Gasteiger charge is -2.16. The second kappa shape index (κ2) is 7.71. The number of nitrogens with one attached hydrogen (secondary N) is 1. The van der Waals surface area contributed by atoms with E-state index in [1.165, 1.54) is 6.07 Å². The number of carbonyl (C=O) groups is 1. The van der Waals surface area contributed by atoms with E-state index in [-0.39, 0.29) is 17.6 Å². The zero-order chi connectivity index (χ0) is 17.6. The molecule has 3 rings (SSSR count). The van der Waals surface area contributed by atoms with Crippen LogP contribution < -0.4 is 5.32 Å². The number of pyridine rings is 1. The summed E-state index contributed by atoms with van der Waals surface area (Å²) in [4.78, 5) is 16.6. The van der Waals surface area contributed by atoms with Crippen molar-refractivity contribution in [3.05, 3.63) is 84.4 Å². The molecule has 0 saturated carbocycles. The molecule has 1 atom stereocenters. The summed E-state index contributed by atoms with van der Waals surface area (Å²) in [6, 6.07) is 17.7. The molecular weight excluding hydrogens is 315 g/mol. The zero-order valence-corrected chi connectivity index (χ0v) is 13.9. The summed E-state index contributed by atoms with van der Waals surface area (Å²) in [6.07, 6.45) is 3.95. The molecule has 0 bridgehead atoms. The van der Waals surface area contributed by atoms with Gasteiger partial charge >= 0.3 is 0 Å². The van der Waals surface area contributed by atoms with Gasteiger partial charge in [-0.05, 0) is 35.7 Å². The fourth-order valence-corrected chi connectivity index (χ4v) is 2.83. The van der Waals surface area contributed by atoms with Crippen LogP contribution in [-0.4, -0.2) is 10.9 Å². The Morgan fingerprint density at radius 3 is 2.48 bits per heavy atom. The minimum Gasteiger partial charge on any atom is -0.324 e. The summed E-state index contributed by atoms with van der Waals surface area (Å²) in [5.74, 6) is -0.597. The first-order valence-corrected chi connectivity index (χ1v) is 8.24. The third kappa shape index (κ3) is 3.91. The topological polar surface area (TPSA) is 42.0 Å². The van der Waals surface area contributed by atoms with Crippen molar-refractivity contribution < 1.29 is 9.18 Å². The molecule has 0 aliphatic heterocycles. The van der Waals surface area contributed by atoms with Crippen LogP contribution >= 0.6 is 0 Å². The van der Waals surface area contributed by atoms with Crippen LogP contribution in [0.5, 0.6) is 0 Å². The fourth-order valence-electron chi connectivity index (χ4n) is 2.83. The first-order valence-electron chi connectivity index (χ1n) is 8.24. The van der Waals surface area contributed by atoms with Crippen molar-refractivity contribution in [3.8, 4) is 11.1 Å². The van der Waals surface area contributed by atoms with Gasteiger partial charge in [0.1, 0.15) is 5.82 Å². The molecule has 1 unspecified atom stereocenters. The Morgan fingerprint density at radius 2 is 1.84 bits per heavy atom. The van der Waals surface area contributed by atoms with E-state index in [1.807, 2.05) is 37.3 Å². The molecule has 25 heavy (non-hydrogen) atoms. The maximum absolute atomic E-state index is 13.9. The number of hydrogen-bond acceptors (Lipinski definition) is 2. The van der Waals surface area contributed by atoms with E-state index in [4.69, 9.17) is 0 Å². The Morgan fingerprint density at radius 1 is 1.08 bits per heavy atom. The zero-order valence-electron chi connectivity index (χ0n) is 13.9. The van der Waals surface area contributed by atoms with Crippen molar-refractivity contribution >= 4 is 11.6 Å². The highest BCUT2D eigenvalue weighted by Crippen LogP contribution is 2.27. The highest BCUT2D eigenvalue weighted by Gasteiger charge is 2.19. The molecule has 0 aliphatic carbocycles. The highest BCUT2D eigenvalue weighted by atomic mass is 19.1.